The highest BCUT2D eigenvalue weighted by Gasteiger charge is 2.06. The van der Waals surface area contributed by atoms with Gasteiger partial charge in [0.15, 0.2) is 5.16 Å². The third kappa shape index (κ3) is 3.37. The zero-order valence-corrected chi connectivity index (χ0v) is 12.8. The van der Waals surface area contributed by atoms with Crippen LogP contribution in [0.3, 0.4) is 0 Å². The molecule has 0 fully saturated rings. The Kier molecular flexibility index (Phi) is 4.48. The summed E-state index contributed by atoms with van der Waals surface area (Å²) < 4.78 is 6.44. The first-order valence-corrected chi connectivity index (χ1v) is 7.59. The van der Waals surface area contributed by atoms with Gasteiger partial charge in [-0.25, -0.2) is 4.99 Å². The third-order valence-electron chi connectivity index (χ3n) is 2.17. The zero-order chi connectivity index (χ0) is 13.1. The maximum absolute atomic E-state index is 5.85. The molecule has 1 heterocycles. The average Bonchev–Trinajstić information content (AvgIpc) is 2.64. The Hall–Kier alpha value is -0.780. The molecule has 0 bridgehead atoms. The van der Waals surface area contributed by atoms with Gasteiger partial charge in [0, 0.05) is 28.9 Å². The molecule has 0 N–H and O–H groups in total. The fourth-order valence-electron chi connectivity index (χ4n) is 1.32. The number of thioether (sulfide) groups is 1. The third-order valence-corrected chi connectivity index (χ3v) is 4.38. The Balaban J connectivity index is 2.33. The largest absolute Gasteiger partial charge is 0.298 e. The molecule has 2 aromatic rings. The standard InChI is InChI=1S/C12H14ClN3S2/c1-8(2)17-12-15-18-11(16(12)3)14-10-6-4-9(13)5-7-10/h4-8H,1-3H3. The second-order valence-corrected chi connectivity index (χ2v) is 6.77. The van der Waals surface area contributed by atoms with Gasteiger partial charge in [-0.05, 0) is 24.3 Å². The predicted octanol–water partition coefficient (Wildman–Crippen LogP) is 3.87. The number of halogens is 1. The van der Waals surface area contributed by atoms with Gasteiger partial charge in [0.1, 0.15) is 0 Å². The van der Waals surface area contributed by atoms with E-state index in [1.807, 2.05) is 35.9 Å². The van der Waals surface area contributed by atoms with Crippen LogP contribution in [0.15, 0.2) is 34.4 Å². The number of benzene rings is 1. The molecule has 1 aromatic carbocycles. The van der Waals surface area contributed by atoms with E-state index in [1.165, 1.54) is 11.5 Å². The number of aromatic nitrogens is 2. The summed E-state index contributed by atoms with van der Waals surface area (Å²) in [5.41, 5.74) is 0.889. The quantitative estimate of drug-likeness (QED) is 0.805. The maximum atomic E-state index is 5.85. The van der Waals surface area contributed by atoms with E-state index in [0.717, 1.165) is 20.7 Å². The van der Waals surface area contributed by atoms with E-state index in [2.05, 4.69) is 23.2 Å². The van der Waals surface area contributed by atoms with Crippen LogP contribution in [-0.2, 0) is 7.05 Å². The SMILES string of the molecule is CC(C)Sc1nsc(=Nc2ccc(Cl)cc2)n1C. The van der Waals surface area contributed by atoms with Gasteiger partial charge in [0.2, 0.25) is 4.80 Å². The molecule has 0 atom stereocenters. The summed E-state index contributed by atoms with van der Waals surface area (Å²) in [6.07, 6.45) is 0. The lowest BCUT2D eigenvalue weighted by Crippen LogP contribution is -2.11. The van der Waals surface area contributed by atoms with Crippen molar-refractivity contribution < 1.29 is 0 Å². The van der Waals surface area contributed by atoms with Crippen molar-refractivity contribution in [1.82, 2.24) is 8.94 Å². The topological polar surface area (TPSA) is 30.2 Å². The van der Waals surface area contributed by atoms with Crippen molar-refractivity contribution in [2.24, 2.45) is 12.0 Å². The minimum absolute atomic E-state index is 0.515. The Morgan fingerprint density at radius 3 is 2.61 bits per heavy atom. The molecule has 96 valence electrons. The summed E-state index contributed by atoms with van der Waals surface area (Å²) in [5, 5.41) is 2.24. The maximum Gasteiger partial charge on any atom is 0.209 e. The summed E-state index contributed by atoms with van der Waals surface area (Å²) in [7, 11) is 1.99. The highest BCUT2D eigenvalue weighted by molar-refractivity contribution is 7.99. The number of hydrogen-bond acceptors (Lipinski definition) is 4. The molecule has 0 amide bonds. The first-order valence-electron chi connectivity index (χ1n) is 5.56. The molecule has 0 aliphatic rings. The summed E-state index contributed by atoms with van der Waals surface area (Å²) >= 11 is 9.00. The zero-order valence-electron chi connectivity index (χ0n) is 10.4. The van der Waals surface area contributed by atoms with Crippen LogP contribution in [0.4, 0.5) is 5.69 Å². The summed E-state index contributed by atoms with van der Waals surface area (Å²) in [6, 6.07) is 7.48. The van der Waals surface area contributed by atoms with E-state index in [4.69, 9.17) is 11.6 Å². The molecular formula is C12H14ClN3S2. The van der Waals surface area contributed by atoms with Crippen molar-refractivity contribution in [1.29, 1.82) is 0 Å². The molecule has 0 spiro atoms. The van der Waals surface area contributed by atoms with Gasteiger partial charge in [-0.2, -0.15) is 4.37 Å². The molecule has 1 aromatic heterocycles. The van der Waals surface area contributed by atoms with Crippen molar-refractivity contribution in [3.8, 4) is 0 Å². The second kappa shape index (κ2) is 5.91. The number of hydrogen-bond donors (Lipinski definition) is 0. The van der Waals surface area contributed by atoms with Gasteiger partial charge < -0.3 is 0 Å². The molecule has 2 rings (SSSR count). The summed E-state index contributed by atoms with van der Waals surface area (Å²) in [6.45, 7) is 4.31. The lowest BCUT2D eigenvalue weighted by molar-refractivity contribution is 0.751. The molecule has 0 aliphatic heterocycles. The van der Waals surface area contributed by atoms with Crippen molar-refractivity contribution in [2.75, 3.05) is 0 Å². The van der Waals surface area contributed by atoms with Gasteiger partial charge in [-0.3, -0.25) is 4.57 Å². The molecule has 0 saturated carbocycles. The Morgan fingerprint density at radius 1 is 1.33 bits per heavy atom. The van der Waals surface area contributed by atoms with E-state index in [9.17, 15) is 0 Å². The van der Waals surface area contributed by atoms with E-state index >= 15 is 0 Å². The fraction of sp³-hybridized carbons (Fsp3) is 0.333. The second-order valence-electron chi connectivity index (χ2n) is 4.06. The lowest BCUT2D eigenvalue weighted by Gasteiger charge is -2.02. The van der Waals surface area contributed by atoms with E-state index in [1.54, 1.807) is 11.8 Å². The highest BCUT2D eigenvalue weighted by atomic mass is 35.5. The van der Waals surface area contributed by atoms with Crippen LogP contribution >= 0.6 is 34.9 Å². The highest BCUT2D eigenvalue weighted by Crippen LogP contribution is 2.20. The Labute approximate surface area is 120 Å². The lowest BCUT2D eigenvalue weighted by atomic mass is 10.3. The first-order chi connectivity index (χ1) is 8.56. The van der Waals surface area contributed by atoms with Crippen LogP contribution in [-0.4, -0.2) is 14.2 Å². The normalized spacial score (nSPS) is 12.4. The fourth-order valence-corrected chi connectivity index (χ4v) is 3.09. The number of rotatable bonds is 3. The van der Waals surface area contributed by atoms with Crippen LogP contribution in [0.5, 0.6) is 0 Å². The molecule has 0 saturated heterocycles. The van der Waals surface area contributed by atoms with Crippen LogP contribution in [0.25, 0.3) is 0 Å². The Morgan fingerprint density at radius 2 is 2.00 bits per heavy atom. The van der Waals surface area contributed by atoms with Gasteiger partial charge in [-0.1, -0.05) is 37.2 Å². The minimum atomic E-state index is 0.515. The van der Waals surface area contributed by atoms with Crippen LogP contribution in [0.1, 0.15) is 13.8 Å². The van der Waals surface area contributed by atoms with Gasteiger partial charge in [-0.15, -0.1) is 0 Å². The molecule has 0 aliphatic carbocycles. The molecule has 18 heavy (non-hydrogen) atoms. The predicted molar refractivity (Wildman–Crippen MR) is 78.8 cm³/mol. The Bertz CT molecular complexity index is 584. The monoisotopic (exact) mass is 299 g/mol. The molecule has 0 unspecified atom stereocenters. The van der Waals surface area contributed by atoms with E-state index in [0.29, 0.717) is 5.25 Å². The molecule has 3 nitrogen and oxygen atoms in total. The molecule has 0 radical (unpaired) electrons. The van der Waals surface area contributed by atoms with Crippen LogP contribution in [0, 0.1) is 0 Å². The first kappa shape index (κ1) is 13.6. The van der Waals surface area contributed by atoms with E-state index in [-0.39, 0.29) is 0 Å². The molecular weight excluding hydrogens is 286 g/mol. The van der Waals surface area contributed by atoms with E-state index < -0.39 is 0 Å². The van der Waals surface area contributed by atoms with Crippen molar-refractivity contribution in [3.63, 3.8) is 0 Å². The van der Waals surface area contributed by atoms with Crippen LogP contribution < -0.4 is 4.80 Å². The van der Waals surface area contributed by atoms with Crippen LogP contribution in [0.2, 0.25) is 5.02 Å². The van der Waals surface area contributed by atoms with Crippen molar-refractivity contribution in [2.45, 2.75) is 24.3 Å². The summed E-state index contributed by atoms with van der Waals surface area (Å²) in [5.74, 6) is 0. The summed E-state index contributed by atoms with van der Waals surface area (Å²) in [4.78, 5) is 5.45. The van der Waals surface area contributed by atoms with Gasteiger partial charge in [0.25, 0.3) is 0 Å². The average molecular weight is 300 g/mol. The van der Waals surface area contributed by atoms with Gasteiger partial charge in [0.05, 0.1) is 5.69 Å². The van der Waals surface area contributed by atoms with Crippen molar-refractivity contribution in [3.05, 3.63) is 34.1 Å². The van der Waals surface area contributed by atoms with Gasteiger partial charge >= 0.3 is 0 Å². The number of nitrogens with zero attached hydrogens (tertiary/aromatic N) is 3. The van der Waals surface area contributed by atoms with Crippen molar-refractivity contribution >= 4 is 40.6 Å². The smallest absolute Gasteiger partial charge is 0.209 e. The minimum Gasteiger partial charge on any atom is -0.298 e. The molecule has 6 heteroatoms.